The standard InChI is InChI=1S/C17H18BrFO2/c1-11(2)21-14-6-4-5-12(9-14)17(18)13-7-8-16(20-3)15(19)10-13/h4-11,17H,1-3H3. The molecule has 112 valence electrons. The van der Waals surface area contributed by atoms with Gasteiger partial charge in [0, 0.05) is 0 Å². The third-order valence-electron chi connectivity index (χ3n) is 2.99. The lowest BCUT2D eigenvalue weighted by molar-refractivity contribution is 0.242. The smallest absolute Gasteiger partial charge is 0.165 e. The van der Waals surface area contributed by atoms with Crippen molar-refractivity contribution in [1.29, 1.82) is 0 Å². The molecule has 0 amide bonds. The Morgan fingerprint density at radius 1 is 1.05 bits per heavy atom. The first-order valence-corrected chi connectivity index (χ1v) is 7.67. The summed E-state index contributed by atoms with van der Waals surface area (Å²) in [4.78, 5) is -0.103. The summed E-state index contributed by atoms with van der Waals surface area (Å²) in [6.07, 6.45) is 0.118. The van der Waals surface area contributed by atoms with Crippen molar-refractivity contribution in [1.82, 2.24) is 0 Å². The van der Waals surface area contributed by atoms with E-state index < -0.39 is 0 Å². The molecule has 0 bridgehead atoms. The lowest BCUT2D eigenvalue weighted by Crippen LogP contribution is -2.06. The van der Waals surface area contributed by atoms with Crippen LogP contribution in [0.3, 0.4) is 0 Å². The highest BCUT2D eigenvalue weighted by atomic mass is 79.9. The van der Waals surface area contributed by atoms with E-state index >= 15 is 0 Å². The molecule has 0 radical (unpaired) electrons. The summed E-state index contributed by atoms with van der Waals surface area (Å²) in [6, 6.07) is 12.7. The highest BCUT2D eigenvalue weighted by Gasteiger charge is 2.14. The molecule has 0 spiro atoms. The summed E-state index contributed by atoms with van der Waals surface area (Å²) in [5, 5.41) is 0. The van der Waals surface area contributed by atoms with Crippen molar-refractivity contribution < 1.29 is 13.9 Å². The van der Waals surface area contributed by atoms with E-state index in [-0.39, 0.29) is 22.5 Å². The maximum atomic E-state index is 13.8. The van der Waals surface area contributed by atoms with E-state index in [1.807, 2.05) is 44.2 Å². The second-order valence-corrected chi connectivity index (χ2v) is 5.91. The zero-order valence-electron chi connectivity index (χ0n) is 12.3. The maximum Gasteiger partial charge on any atom is 0.165 e. The topological polar surface area (TPSA) is 18.5 Å². The first kappa shape index (κ1) is 15.8. The van der Waals surface area contributed by atoms with Crippen molar-refractivity contribution in [3.05, 3.63) is 59.4 Å². The van der Waals surface area contributed by atoms with Crippen LogP contribution in [0.25, 0.3) is 0 Å². The minimum absolute atomic E-state index is 0.103. The quantitative estimate of drug-likeness (QED) is 0.696. The molecule has 0 aliphatic rings. The molecule has 2 nitrogen and oxygen atoms in total. The van der Waals surface area contributed by atoms with E-state index in [1.54, 1.807) is 6.07 Å². The van der Waals surface area contributed by atoms with E-state index in [4.69, 9.17) is 9.47 Å². The Morgan fingerprint density at radius 3 is 2.38 bits per heavy atom. The molecule has 2 aromatic carbocycles. The maximum absolute atomic E-state index is 13.8. The van der Waals surface area contributed by atoms with Crippen molar-refractivity contribution in [2.24, 2.45) is 0 Å². The lowest BCUT2D eigenvalue weighted by Gasteiger charge is -2.15. The van der Waals surface area contributed by atoms with Crippen LogP contribution >= 0.6 is 15.9 Å². The van der Waals surface area contributed by atoms with Crippen molar-refractivity contribution >= 4 is 15.9 Å². The zero-order valence-corrected chi connectivity index (χ0v) is 13.9. The summed E-state index contributed by atoms with van der Waals surface area (Å²) in [5.41, 5.74) is 1.84. The van der Waals surface area contributed by atoms with Crippen LogP contribution in [0.5, 0.6) is 11.5 Å². The summed E-state index contributed by atoms with van der Waals surface area (Å²) < 4.78 is 24.4. The molecule has 0 aliphatic heterocycles. The van der Waals surface area contributed by atoms with Gasteiger partial charge in [-0.2, -0.15) is 0 Å². The molecule has 0 N–H and O–H groups in total. The number of ether oxygens (including phenoxy) is 2. The van der Waals surface area contributed by atoms with Gasteiger partial charge in [-0.25, -0.2) is 4.39 Å². The number of hydrogen-bond acceptors (Lipinski definition) is 2. The predicted octanol–water partition coefficient (Wildman–Crippen LogP) is 5.11. The molecule has 4 heteroatoms. The van der Waals surface area contributed by atoms with Gasteiger partial charge in [0.2, 0.25) is 0 Å². The van der Waals surface area contributed by atoms with E-state index in [0.29, 0.717) is 0 Å². The number of benzene rings is 2. The first-order valence-electron chi connectivity index (χ1n) is 6.75. The fraction of sp³-hybridized carbons (Fsp3) is 0.294. The van der Waals surface area contributed by atoms with Gasteiger partial charge in [-0.15, -0.1) is 0 Å². The fourth-order valence-corrected chi connectivity index (χ4v) is 2.62. The van der Waals surface area contributed by atoms with Crippen molar-refractivity contribution in [3.8, 4) is 11.5 Å². The lowest BCUT2D eigenvalue weighted by atomic mass is 10.0. The zero-order chi connectivity index (χ0) is 15.4. The van der Waals surface area contributed by atoms with Crippen LogP contribution in [0.4, 0.5) is 4.39 Å². The van der Waals surface area contributed by atoms with Crippen LogP contribution in [0.2, 0.25) is 0 Å². The van der Waals surface area contributed by atoms with Crippen LogP contribution in [-0.2, 0) is 0 Å². The Labute approximate surface area is 133 Å². The summed E-state index contributed by atoms with van der Waals surface area (Å²) in [6.45, 7) is 3.97. The van der Waals surface area contributed by atoms with Crippen LogP contribution in [-0.4, -0.2) is 13.2 Å². The number of methoxy groups -OCH3 is 1. The molecule has 2 rings (SSSR count). The van der Waals surface area contributed by atoms with E-state index in [9.17, 15) is 4.39 Å². The van der Waals surface area contributed by atoms with E-state index in [2.05, 4.69) is 15.9 Å². The Balaban J connectivity index is 2.27. The van der Waals surface area contributed by atoms with Gasteiger partial charge < -0.3 is 9.47 Å². The first-order chi connectivity index (χ1) is 10.0. The van der Waals surface area contributed by atoms with E-state index in [0.717, 1.165) is 16.9 Å². The normalized spacial score (nSPS) is 12.3. The van der Waals surface area contributed by atoms with Gasteiger partial charge in [-0.1, -0.05) is 34.1 Å². The second kappa shape index (κ2) is 6.94. The number of halogens is 2. The van der Waals surface area contributed by atoms with Gasteiger partial charge in [-0.3, -0.25) is 0 Å². The van der Waals surface area contributed by atoms with Gasteiger partial charge >= 0.3 is 0 Å². The van der Waals surface area contributed by atoms with Crippen LogP contribution < -0.4 is 9.47 Å². The van der Waals surface area contributed by atoms with Crippen molar-refractivity contribution in [3.63, 3.8) is 0 Å². The molecule has 2 aromatic rings. The fourth-order valence-electron chi connectivity index (χ4n) is 2.05. The van der Waals surface area contributed by atoms with Gasteiger partial charge in [0.05, 0.1) is 18.0 Å². The average Bonchev–Trinajstić information content (AvgIpc) is 2.46. The minimum atomic E-state index is -0.367. The van der Waals surface area contributed by atoms with Crippen molar-refractivity contribution in [2.45, 2.75) is 24.8 Å². The number of hydrogen-bond donors (Lipinski definition) is 0. The second-order valence-electron chi connectivity index (χ2n) is 5.00. The highest BCUT2D eigenvalue weighted by Crippen LogP contribution is 2.34. The number of alkyl halides is 1. The minimum Gasteiger partial charge on any atom is -0.494 e. The van der Waals surface area contributed by atoms with Gasteiger partial charge in [0.1, 0.15) is 5.75 Å². The SMILES string of the molecule is COc1ccc(C(Br)c2cccc(OC(C)C)c2)cc1F. The van der Waals surface area contributed by atoms with Gasteiger partial charge in [-0.05, 0) is 49.2 Å². The molecule has 21 heavy (non-hydrogen) atoms. The Bertz CT molecular complexity index is 613. The molecule has 0 heterocycles. The van der Waals surface area contributed by atoms with Gasteiger partial charge in [0.25, 0.3) is 0 Å². The molecule has 1 atom stereocenters. The third-order valence-corrected chi connectivity index (χ3v) is 4.05. The number of rotatable bonds is 5. The summed E-state index contributed by atoms with van der Waals surface area (Å²) in [7, 11) is 1.45. The van der Waals surface area contributed by atoms with Gasteiger partial charge in [0.15, 0.2) is 11.6 Å². The molecular weight excluding hydrogens is 335 g/mol. The Morgan fingerprint density at radius 2 is 1.76 bits per heavy atom. The van der Waals surface area contributed by atoms with Crippen LogP contribution in [0.1, 0.15) is 29.8 Å². The largest absolute Gasteiger partial charge is 0.494 e. The average molecular weight is 353 g/mol. The van der Waals surface area contributed by atoms with Crippen LogP contribution in [0.15, 0.2) is 42.5 Å². The predicted molar refractivity (Wildman–Crippen MR) is 85.9 cm³/mol. The molecule has 0 aromatic heterocycles. The molecule has 0 aliphatic carbocycles. The molecule has 0 fully saturated rings. The monoisotopic (exact) mass is 352 g/mol. The molecule has 0 saturated carbocycles. The summed E-state index contributed by atoms with van der Waals surface area (Å²) >= 11 is 3.61. The molecular formula is C17H18BrFO2. The van der Waals surface area contributed by atoms with E-state index in [1.165, 1.54) is 13.2 Å². The third kappa shape index (κ3) is 3.97. The molecule has 0 saturated heterocycles. The Hall–Kier alpha value is -1.55. The Kier molecular flexibility index (Phi) is 5.23. The summed E-state index contributed by atoms with van der Waals surface area (Å²) in [5.74, 6) is 0.685. The highest BCUT2D eigenvalue weighted by molar-refractivity contribution is 9.09. The van der Waals surface area contributed by atoms with Crippen molar-refractivity contribution in [2.75, 3.05) is 7.11 Å². The van der Waals surface area contributed by atoms with Crippen LogP contribution in [0, 0.1) is 5.82 Å². The molecule has 1 unspecified atom stereocenters.